The van der Waals surface area contributed by atoms with Crippen molar-refractivity contribution in [2.45, 2.75) is 19.9 Å². The predicted octanol–water partition coefficient (Wildman–Crippen LogP) is 0.581. The molecule has 0 aliphatic carbocycles. The van der Waals surface area contributed by atoms with Gasteiger partial charge in [0.05, 0.1) is 5.88 Å². The molecule has 0 bridgehead atoms. The van der Waals surface area contributed by atoms with Crippen LogP contribution in [0.25, 0.3) is 0 Å². The molecule has 0 aromatic rings. The summed E-state index contributed by atoms with van der Waals surface area (Å²) in [4.78, 5) is 10.6. The van der Waals surface area contributed by atoms with Gasteiger partial charge >= 0.3 is 6.03 Å². The molecule has 0 aliphatic heterocycles. The molecule has 0 rings (SSSR count). The van der Waals surface area contributed by atoms with Crippen molar-refractivity contribution in [3.05, 3.63) is 0 Å². The summed E-state index contributed by atoms with van der Waals surface area (Å²) in [5, 5.41) is 5.14. The van der Waals surface area contributed by atoms with Gasteiger partial charge in [-0.15, -0.1) is 0 Å². The van der Waals surface area contributed by atoms with Crippen LogP contribution in [0.3, 0.4) is 0 Å². The number of nitrogens with one attached hydrogen (secondary N) is 2. The fraction of sp³-hybridized carbons (Fsp3) is 0.800. The van der Waals surface area contributed by atoms with E-state index in [0.717, 1.165) is 0 Å². The van der Waals surface area contributed by atoms with Crippen molar-refractivity contribution in [2.75, 3.05) is 5.88 Å². The van der Waals surface area contributed by atoms with Crippen LogP contribution in [0.1, 0.15) is 13.8 Å². The molecule has 3 nitrogen and oxygen atoms in total. The molecule has 54 valence electrons. The lowest BCUT2D eigenvalue weighted by molar-refractivity contribution is 0.240. The first-order chi connectivity index (χ1) is 4.16. The lowest BCUT2D eigenvalue weighted by Gasteiger charge is -2.07. The third-order valence-electron chi connectivity index (χ3n) is 0.659. The zero-order valence-electron chi connectivity index (χ0n) is 5.64. The molecule has 0 saturated heterocycles. The number of urea groups is 1. The van der Waals surface area contributed by atoms with Crippen LogP contribution in [0.4, 0.5) is 4.79 Å². The minimum Gasteiger partial charge on any atom is -0.336 e. The van der Waals surface area contributed by atoms with Crippen LogP contribution in [0.2, 0.25) is 0 Å². The number of rotatable bonds is 2. The van der Waals surface area contributed by atoms with Gasteiger partial charge in [-0.3, -0.25) is 0 Å². The molecule has 0 unspecified atom stereocenters. The van der Waals surface area contributed by atoms with Crippen LogP contribution in [-0.2, 0) is 0 Å². The minimum absolute atomic E-state index is 0.167. The second-order valence-corrected chi connectivity index (χ2v) is 2.28. The zero-order chi connectivity index (χ0) is 7.28. The van der Waals surface area contributed by atoms with Crippen molar-refractivity contribution in [3.8, 4) is 0 Å². The molecule has 0 radical (unpaired) electrons. The summed E-state index contributed by atoms with van der Waals surface area (Å²) in [7, 11) is 0. The van der Waals surface area contributed by atoms with Crippen LogP contribution in [0.5, 0.6) is 0 Å². The molecular weight excluding hydrogens is 136 g/mol. The maximum Gasteiger partial charge on any atom is 0.315 e. The molecule has 4 heteroatoms. The number of thiol groups is 1. The number of hydrogen-bond acceptors (Lipinski definition) is 2. The fourth-order valence-electron chi connectivity index (χ4n) is 0.385. The Hall–Kier alpha value is -0.380. The van der Waals surface area contributed by atoms with E-state index in [1.54, 1.807) is 0 Å². The number of hydrogen-bond donors (Lipinski definition) is 3. The third-order valence-corrected chi connectivity index (χ3v) is 0.817. The Balaban J connectivity index is 3.27. The molecule has 2 amide bonds. The van der Waals surface area contributed by atoms with Crippen LogP contribution in [-0.4, -0.2) is 17.9 Å². The second-order valence-electron chi connectivity index (χ2n) is 1.96. The summed E-state index contributed by atoms with van der Waals surface area (Å²) >= 11 is 3.81. The van der Waals surface area contributed by atoms with Gasteiger partial charge in [0, 0.05) is 6.04 Å². The molecule has 9 heavy (non-hydrogen) atoms. The van der Waals surface area contributed by atoms with Crippen LogP contribution >= 0.6 is 12.6 Å². The van der Waals surface area contributed by atoms with Crippen molar-refractivity contribution in [1.29, 1.82) is 0 Å². The maximum absolute atomic E-state index is 10.6. The summed E-state index contributed by atoms with van der Waals surface area (Å²) in [6, 6.07) is 0.0184. The Morgan fingerprint density at radius 3 is 2.56 bits per heavy atom. The molecular formula is C5H12N2OS. The average Bonchev–Trinajstić information content (AvgIpc) is 1.63. The highest BCUT2D eigenvalue weighted by molar-refractivity contribution is 7.80. The summed E-state index contributed by atoms with van der Waals surface area (Å²) < 4.78 is 0. The van der Waals surface area contributed by atoms with Crippen molar-refractivity contribution in [3.63, 3.8) is 0 Å². The van der Waals surface area contributed by atoms with Crippen LogP contribution in [0, 0.1) is 0 Å². The Bertz CT molecular complexity index is 95.0. The predicted molar refractivity (Wildman–Crippen MR) is 40.7 cm³/mol. The minimum atomic E-state index is -0.167. The average molecular weight is 148 g/mol. The van der Waals surface area contributed by atoms with E-state index in [4.69, 9.17) is 0 Å². The molecule has 0 aromatic heterocycles. The van der Waals surface area contributed by atoms with Gasteiger partial charge in [0.2, 0.25) is 0 Å². The van der Waals surface area contributed by atoms with E-state index in [-0.39, 0.29) is 12.1 Å². The number of carbonyl (C=O) groups excluding carboxylic acids is 1. The van der Waals surface area contributed by atoms with Crippen LogP contribution in [0.15, 0.2) is 0 Å². The molecule has 2 N–H and O–H groups in total. The van der Waals surface area contributed by atoms with Crippen LogP contribution < -0.4 is 10.6 Å². The first-order valence-electron chi connectivity index (χ1n) is 2.82. The normalized spacial score (nSPS) is 9.33. The Morgan fingerprint density at radius 1 is 1.67 bits per heavy atom. The van der Waals surface area contributed by atoms with E-state index in [1.807, 2.05) is 13.8 Å². The summed E-state index contributed by atoms with van der Waals surface area (Å²) in [5.41, 5.74) is 0. The molecule has 0 aliphatic rings. The third kappa shape index (κ3) is 5.49. The Kier molecular flexibility index (Phi) is 4.30. The zero-order valence-corrected chi connectivity index (χ0v) is 6.53. The Labute approximate surface area is 60.6 Å². The molecule has 0 heterocycles. The van der Waals surface area contributed by atoms with E-state index in [0.29, 0.717) is 5.88 Å². The topological polar surface area (TPSA) is 41.1 Å². The Morgan fingerprint density at radius 2 is 2.22 bits per heavy atom. The second kappa shape index (κ2) is 4.49. The fourth-order valence-corrected chi connectivity index (χ4v) is 0.529. The molecule has 0 aromatic carbocycles. The van der Waals surface area contributed by atoms with Gasteiger partial charge in [0.1, 0.15) is 0 Å². The highest BCUT2D eigenvalue weighted by Crippen LogP contribution is 1.75. The molecule has 0 spiro atoms. The number of carbonyl (C=O) groups is 1. The smallest absolute Gasteiger partial charge is 0.315 e. The quantitative estimate of drug-likeness (QED) is 0.389. The molecule has 0 fully saturated rings. The number of amides is 2. The van der Waals surface area contributed by atoms with Gasteiger partial charge < -0.3 is 10.6 Å². The van der Waals surface area contributed by atoms with Crippen molar-refractivity contribution in [2.24, 2.45) is 0 Å². The molecule has 0 saturated carbocycles. The highest BCUT2D eigenvalue weighted by Gasteiger charge is 1.97. The highest BCUT2D eigenvalue weighted by atomic mass is 32.1. The van der Waals surface area contributed by atoms with Gasteiger partial charge in [-0.25, -0.2) is 4.79 Å². The SMILES string of the molecule is CC(C)NC(=O)NCS. The monoisotopic (exact) mass is 148 g/mol. The first-order valence-corrected chi connectivity index (χ1v) is 3.45. The summed E-state index contributed by atoms with van der Waals surface area (Å²) in [5.74, 6) is 0.374. The van der Waals surface area contributed by atoms with Crippen molar-refractivity contribution < 1.29 is 4.79 Å². The van der Waals surface area contributed by atoms with E-state index < -0.39 is 0 Å². The standard InChI is InChI=1S/C5H12N2OS/c1-4(2)7-5(8)6-3-9/h4,9H,3H2,1-2H3,(H2,6,7,8). The van der Waals surface area contributed by atoms with E-state index in [1.165, 1.54) is 0 Å². The van der Waals surface area contributed by atoms with Gasteiger partial charge in [-0.1, -0.05) is 0 Å². The van der Waals surface area contributed by atoms with Crippen molar-refractivity contribution in [1.82, 2.24) is 10.6 Å². The lowest BCUT2D eigenvalue weighted by Crippen LogP contribution is -2.38. The summed E-state index contributed by atoms with van der Waals surface area (Å²) in [6.07, 6.45) is 0. The maximum atomic E-state index is 10.6. The molecule has 0 atom stereocenters. The van der Waals surface area contributed by atoms with E-state index in [9.17, 15) is 4.79 Å². The van der Waals surface area contributed by atoms with Gasteiger partial charge in [0.15, 0.2) is 0 Å². The van der Waals surface area contributed by atoms with E-state index in [2.05, 4.69) is 23.3 Å². The first kappa shape index (κ1) is 8.62. The van der Waals surface area contributed by atoms with Crippen molar-refractivity contribution >= 4 is 18.7 Å². The van der Waals surface area contributed by atoms with Gasteiger partial charge in [-0.05, 0) is 13.8 Å². The van der Waals surface area contributed by atoms with Gasteiger partial charge in [0.25, 0.3) is 0 Å². The summed E-state index contributed by atoms with van der Waals surface area (Å²) in [6.45, 7) is 3.80. The lowest BCUT2D eigenvalue weighted by atomic mass is 10.4. The van der Waals surface area contributed by atoms with E-state index >= 15 is 0 Å². The largest absolute Gasteiger partial charge is 0.336 e. The van der Waals surface area contributed by atoms with Gasteiger partial charge in [-0.2, -0.15) is 12.6 Å².